The molecule has 0 fully saturated rings. The van der Waals surface area contributed by atoms with E-state index in [0.29, 0.717) is 18.6 Å². The van der Waals surface area contributed by atoms with E-state index in [1.165, 1.54) is 5.56 Å². The van der Waals surface area contributed by atoms with Crippen molar-refractivity contribution in [1.82, 2.24) is 5.32 Å². The summed E-state index contributed by atoms with van der Waals surface area (Å²) in [6.45, 7) is 9.81. The zero-order chi connectivity index (χ0) is 13.4. The highest BCUT2D eigenvalue weighted by atomic mass is 16.5. The Morgan fingerprint density at radius 2 is 1.72 bits per heavy atom. The van der Waals surface area contributed by atoms with Gasteiger partial charge >= 0.3 is 0 Å². The van der Waals surface area contributed by atoms with E-state index in [-0.39, 0.29) is 0 Å². The lowest BCUT2D eigenvalue weighted by atomic mass is 9.97. The predicted octanol–water partition coefficient (Wildman–Crippen LogP) is 2.85. The summed E-state index contributed by atoms with van der Waals surface area (Å²) >= 11 is 0. The Morgan fingerprint density at radius 1 is 1.06 bits per heavy atom. The molecule has 102 valence electrons. The lowest BCUT2D eigenvalue weighted by Crippen LogP contribution is -2.26. The first kappa shape index (κ1) is 15.0. The van der Waals surface area contributed by atoms with Crippen molar-refractivity contribution in [3.05, 3.63) is 29.8 Å². The number of hydrogen-bond donors (Lipinski definition) is 1. The molecule has 0 heterocycles. The maximum absolute atomic E-state index is 5.51. The van der Waals surface area contributed by atoms with Crippen molar-refractivity contribution >= 4 is 0 Å². The molecule has 3 nitrogen and oxygen atoms in total. The molecule has 0 aliphatic heterocycles. The third-order valence-electron chi connectivity index (χ3n) is 2.46. The van der Waals surface area contributed by atoms with Gasteiger partial charge in [0.2, 0.25) is 0 Å². The molecule has 0 saturated heterocycles. The minimum atomic E-state index is 0.323. The van der Waals surface area contributed by atoms with E-state index in [9.17, 15) is 0 Å². The molecule has 3 heteroatoms. The summed E-state index contributed by atoms with van der Waals surface area (Å²) in [5, 5.41) is 3.45. The zero-order valence-electron chi connectivity index (χ0n) is 12.0. The maximum atomic E-state index is 5.51. The Labute approximate surface area is 110 Å². The van der Waals surface area contributed by atoms with Crippen LogP contribution in [0.5, 0.6) is 5.75 Å². The first-order valence-corrected chi connectivity index (χ1v) is 6.43. The highest BCUT2D eigenvalue weighted by molar-refractivity contribution is 5.27. The van der Waals surface area contributed by atoms with Crippen LogP contribution in [0.15, 0.2) is 24.3 Å². The maximum Gasteiger partial charge on any atom is 0.119 e. The van der Waals surface area contributed by atoms with Crippen molar-refractivity contribution in [3.8, 4) is 5.75 Å². The highest BCUT2D eigenvalue weighted by Crippen LogP contribution is 2.13. The van der Waals surface area contributed by atoms with Crippen LogP contribution >= 0.6 is 0 Å². The van der Waals surface area contributed by atoms with Gasteiger partial charge in [0.15, 0.2) is 0 Å². The molecule has 0 radical (unpaired) electrons. The number of ether oxygens (including phenoxy) is 2. The molecule has 1 aromatic carbocycles. The Morgan fingerprint density at radius 3 is 2.28 bits per heavy atom. The lowest BCUT2D eigenvalue weighted by Gasteiger charge is -2.18. The van der Waals surface area contributed by atoms with Crippen LogP contribution in [-0.2, 0) is 11.3 Å². The topological polar surface area (TPSA) is 30.5 Å². The van der Waals surface area contributed by atoms with E-state index in [1.54, 1.807) is 7.11 Å². The zero-order valence-corrected chi connectivity index (χ0v) is 12.0. The first-order valence-electron chi connectivity index (χ1n) is 6.43. The molecule has 1 rings (SSSR count). The van der Waals surface area contributed by atoms with Crippen molar-refractivity contribution in [2.45, 2.75) is 27.3 Å². The number of hydrogen-bond acceptors (Lipinski definition) is 3. The van der Waals surface area contributed by atoms with Crippen molar-refractivity contribution in [3.63, 3.8) is 0 Å². The molecular weight excluding hydrogens is 226 g/mol. The van der Waals surface area contributed by atoms with Crippen molar-refractivity contribution in [2.24, 2.45) is 5.41 Å². The summed E-state index contributed by atoms with van der Waals surface area (Å²) in [6, 6.07) is 8.20. The van der Waals surface area contributed by atoms with Crippen LogP contribution in [-0.4, -0.2) is 26.9 Å². The normalized spacial score (nSPS) is 11.6. The smallest absolute Gasteiger partial charge is 0.119 e. The fourth-order valence-electron chi connectivity index (χ4n) is 1.53. The Kier molecular flexibility index (Phi) is 6.16. The number of rotatable bonds is 7. The van der Waals surface area contributed by atoms with E-state index in [0.717, 1.165) is 18.8 Å². The van der Waals surface area contributed by atoms with E-state index < -0.39 is 0 Å². The molecule has 0 aromatic heterocycles. The first-order chi connectivity index (χ1) is 8.51. The van der Waals surface area contributed by atoms with Crippen LogP contribution in [0.25, 0.3) is 0 Å². The van der Waals surface area contributed by atoms with Crippen LogP contribution in [0.4, 0.5) is 0 Å². The summed E-state index contributed by atoms with van der Waals surface area (Å²) in [4.78, 5) is 0. The highest BCUT2D eigenvalue weighted by Gasteiger charge is 2.08. The molecular formula is C15H25NO2. The fourth-order valence-corrected chi connectivity index (χ4v) is 1.53. The minimum absolute atomic E-state index is 0.323. The number of methoxy groups -OCH3 is 1. The molecule has 0 aliphatic carbocycles. The molecule has 1 aromatic rings. The largest absolute Gasteiger partial charge is 0.491 e. The van der Waals surface area contributed by atoms with Crippen LogP contribution < -0.4 is 10.1 Å². The molecule has 0 atom stereocenters. The van der Waals surface area contributed by atoms with Gasteiger partial charge in [-0.05, 0) is 23.1 Å². The SMILES string of the molecule is COCCOc1ccc(CNCC(C)(C)C)cc1. The lowest BCUT2D eigenvalue weighted by molar-refractivity contribution is 0.146. The van der Waals surface area contributed by atoms with Gasteiger partial charge < -0.3 is 14.8 Å². The second kappa shape index (κ2) is 7.39. The standard InChI is InChI=1S/C15H25NO2/c1-15(2,3)12-16-11-13-5-7-14(8-6-13)18-10-9-17-4/h5-8,16H,9-12H2,1-4H3. The predicted molar refractivity (Wildman–Crippen MR) is 75.0 cm³/mol. The average Bonchev–Trinajstić information content (AvgIpc) is 2.30. The van der Waals surface area contributed by atoms with E-state index >= 15 is 0 Å². The third-order valence-corrected chi connectivity index (χ3v) is 2.46. The molecule has 0 spiro atoms. The van der Waals surface area contributed by atoms with E-state index in [4.69, 9.17) is 9.47 Å². The second-order valence-corrected chi connectivity index (χ2v) is 5.65. The van der Waals surface area contributed by atoms with Gasteiger partial charge in [0.1, 0.15) is 12.4 Å². The molecule has 0 amide bonds. The van der Waals surface area contributed by atoms with Crippen molar-refractivity contribution < 1.29 is 9.47 Å². The second-order valence-electron chi connectivity index (χ2n) is 5.65. The van der Waals surface area contributed by atoms with Crippen LogP contribution in [0.2, 0.25) is 0 Å². The molecule has 0 aliphatic rings. The summed E-state index contributed by atoms with van der Waals surface area (Å²) in [7, 11) is 1.67. The monoisotopic (exact) mass is 251 g/mol. The van der Waals surface area contributed by atoms with Gasteiger partial charge in [-0.2, -0.15) is 0 Å². The minimum Gasteiger partial charge on any atom is -0.491 e. The van der Waals surface area contributed by atoms with Gasteiger partial charge in [-0.15, -0.1) is 0 Å². The Bertz CT molecular complexity index is 327. The summed E-state index contributed by atoms with van der Waals surface area (Å²) < 4.78 is 10.5. The Hall–Kier alpha value is -1.06. The summed E-state index contributed by atoms with van der Waals surface area (Å²) in [5.41, 5.74) is 1.60. The van der Waals surface area contributed by atoms with Gasteiger partial charge in [-0.1, -0.05) is 32.9 Å². The van der Waals surface area contributed by atoms with Crippen LogP contribution in [0, 0.1) is 5.41 Å². The number of benzene rings is 1. The van der Waals surface area contributed by atoms with Gasteiger partial charge in [0.05, 0.1) is 6.61 Å². The van der Waals surface area contributed by atoms with Gasteiger partial charge in [-0.3, -0.25) is 0 Å². The van der Waals surface area contributed by atoms with Gasteiger partial charge in [-0.25, -0.2) is 0 Å². The fraction of sp³-hybridized carbons (Fsp3) is 0.600. The molecule has 18 heavy (non-hydrogen) atoms. The molecule has 0 unspecified atom stereocenters. The van der Waals surface area contributed by atoms with Gasteiger partial charge in [0, 0.05) is 20.2 Å². The molecule has 0 bridgehead atoms. The van der Waals surface area contributed by atoms with Crippen LogP contribution in [0.1, 0.15) is 26.3 Å². The van der Waals surface area contributed by atoms with E-state index in [2.05, 4.69) is 38.2 Å². The van der Waals surface area contributed by atoms with Crippen molar-refractivity contribution in [2.75, 3.05) is 26.9 Å². The van der Waals surface area contributed by atoms with E-state index in [1.807, 2.05) is 12.1 Å². The van der Waals surface area contributed by atoms with Gasteiger partial charge in [0.25, 0.3) is 0 Å². The number of nitrogens with one attached hydrogen (secondary N) is 1. The Balaban J connectivity index is 2.31. The van der Waals surface area contributed by atoms with Crippen LogP contribution in [0.3, 0.4) is 0 Å². The summed E-state index contributed by atoms with van der Waals surface area (Å²) in [5.74, 6) is 0.895. The average molecular weight is 251 g/mol. The third kappa shape index (κ3) is 6.62. The molecule has 0 saturated carbocycles. The quantitative estimate of drug-likeness (QED) is 0.756. The van der Waals surface area contributed by atoms with Crippen molar-refractivity contribution in [1.29, 1.82) is 0 Å². The summed E-state index contributed by atoms with van der Waals surface area (Å²) in [6.07, 6.45) is 0. The molecule has 1 N–H and O–H groups in total.